The maximum Gasteiger partial charge on any atom is 0.356 e. The van der Waals surface area contributed by atoms with Gasteiger partial charge in [-0.25, -0.2) is 19.0 Å². The van der Waals surface area contributed by atoms with Crippen molar-refractivity contribution in [3.8, 4) is 0 Å². The molecule has 42 heavy (non-hydrogen) atoms. The topological polar surface area (TPSA) is 208 Å². The fourth-order valence-electron chi connectivity index (χ4n) is 4.56. The zero-order chi connectivity index (χ0) is 30.8. The van der Waals surface area contributed by atoms with E-state index in [1.807, 2.05) is 0 Å². The molecule has 0 saturated carbocycles. The number of aryl methyl sites for hydroxylation is 1. The highest BCUT2D eigenvalue weighted by Gasteiger charge is 2.53. The Morgan fingerprint density at radius 1 is 1.31 bits per heavy atom. The summed E-state index contributed by atoms with van der Waals surface area (Å²) in [7, 11) is 2.68. The van der Waals surface area contributed by atoms with Gasteiger partial charge in [0.2, 0.25) is 10.9 Å². The van der Waals surface area contributed by atoms with E-state index in [1.54, 1.807) is 13.8 Å². The third-order valence-electron chi connectivity index (χ3n) is 6.61. The molecule has 1 fully saturated rings. The number of alkyl halides is 1. The molecule has 1 aliphatic heterocycles. The molecule has 0 spiro atoms. The second kappa shape index (κ2) is 12.8. The largest absolute Gasteiger partial charge is 0.464 e. The second-order valence-corrected chi connectivity index (χ2v) is 9.58. The summed E-state index contributed by atoms with van der Waals surface area (Å²) in [5.41, 5.74) is 3.98. The van der Waals surface area contributed by atoms with Gasteiger partial charge in [0.15, 0.2) is 30.2 Å². The van der Waals surface area contributed by atoms with E-state index in [0.717, 1.165) is 0 Å². The molecule has 18 heteroatoms. The van der Waals surface area contributed by atoms with Crippen molar-refractivity contribution in [1.82, 2.24) is 29.3 Å². The van der Waals surface area contributed by atoms with Crippen LogP contribution in [0.2, 0.25) is 5.28 Å². The predicted octanol–water partition coefficient (Wildman–Crippen LogP) is 0.0945. The summed E-state index contributed by atoms with van der Waals surface area (Å²) in [4.78, 5) is 37.4. The molecular weight excluding hydrogens is 585 g/mol. The first-order valence-corrected chi connectivity index (χ1v) is 13.2. The Hall–Kier alpha value is -3.48. The van der Waals surface area contributed by atoms with Crippen molar-refractivity contribution in [3.05, 3.63) is 29.1 Å². The number of ether oxygens (including phenoxy) is 5. The number of aromatic nitrogens is 6. The normalized spacial score (nSPS) is 22.7. The molecule has 4 rings (SSSR count). The van der Waals surface area contributed by atoms with Crippen LogP contribution in [0, 0.1) is 0 Å². The van der Waals surface area contributed by atoms with Crippen LogP contribution < -0.4 is 5.73 Å². The molecule has 3 aromatic rings. The van der Waals surface area contributed by atoms with Crippen molar-refractivity contribution in [1.29, 1.82) is 0 Å². The Labute approximate surface area is 243 Å². The van der Waals surface area contributed by atoms with Gasteiger partial charge in [-0.05, 0) is 31.5 Å². The van der Waals surface area contributed by atoms with Crippen molar-refractivity contribution >= 4 is 40.5 Å². The van der Waals surface area contributed by atoms with E-state index in [-0.39, 0.29) is 46.9 Å². The average Bonchev–Trinajstić information content (AvgIpc) is 3.61. The molecule has 0 amide bonds. The highest BCUT2D eigenvalue weighted by Crippen LogP contribution is 2.36. The minimum atomic E-state index is -2.27. The first-order valence-electron chi connectivity index (χ1n) is 12.8. The number of hydrogen-bond donors (Lipinski definition) is 3. The van der Waals surface area contributed by atoms with Crippen LogP contribution in [0.1, 0.15) is 36.3 Å². The SMILES string of the molecule is CCOC(=O)C(Cc1cc(C(=O)OC)n(C)n1)(OC[C@H]1O[C@@H](n2cnc3c(N)nc(Cl)nc32)[C@@H](F)[C@@H]1O)C(O)OCC. The highest BCUT2D eigenvalue weighted by atomic mass is 35.5. The molecule has 230 valence electrons. The maximum atomic E-state index is 15.4. The van der Waals surface area contributed by atoms with Crippen LogP contribution in [0.25, 0.3) is 11.2 Å². The zero-order valence-corrected chi connectivity index (χ0v) is 23.9. The third kappa shape index (κ3) is 5.88. The number of esters is 2. The number of anilines is 1. The van der Waals surface area contributed by atoms with Gasteiger partial charge in [0.05, 0.1) is 32.3 Å². The van der Waals surface area contributed by atoms with Gasteiger partial charge < -0.3 is 39.6 Å². The first kappa shape index (κ1) is 31.5. The molecule has 1 aliphatic rings. The number of aliphatic hydroxyl groups is 2. The van der Waals surface area contributed by atoms with Crippen molar-refractivity contribution < 1.29 is 47.9 Å². The van der Waals surface area contributed by atoms with Crippen LogP contribution in [0.4, 0.5) is 10.2 Å². The average molecular weight is 616 g/mol. The van der Waals surface area contributed by atoms with Crippen molar-refractivity contribution in [2.45, 2.75) is 56.8 Å². The Balaban J connectivity index is 1.64. The van der Waals surface area contributed by atoms with Gasteiger partial charge in [0, 0.05) is 20.1 Å². The van der Waals surface area contributed by atoms with Gasteiger partial charge in [0.25, 0.3) is 0 Å². The van der Waals surface area contributed by atoms with E-state index in [0.29, 0.717) is 0 Å². The number of halogens is 2. The first-order chi connectivity index (χ1) is 20.0. The Morgan fingerprint density at radius 2 is 2.05 bits per heavy atom. The smallest absolute Gasteiger partial charge is 0.356 e. The quantitative estimate of drug-likeness (QED) is 0.140. The van der Waals surface area contributed by atoms with Gasteiger partial charge in [-0.1, -0.05) is 0 Å². The molecule has 0 aliphatic carbocycles. The number of carbonyl (C=O) groups is 2. The molecule has 4 N–H and O–H groups in total. The van der Waals surface area contributed by atoms with E-state index >= 15 is 4.39 Å². The van der Waals surface area contributed by atoms with Gasteiger partial charge in [-0.3, -0.25) is 9.25 Å². The summed E-state index contributed by atoms with van der Waals surface area (Å²) in [6.07, 6.45) is -7.67. The minimum absolute atomic E-state index is 0.0280. The number of nitrogen functional groups attached to an aromatic ring is 1. The van der Waals surface area contributed by atoms with Gasteiger partial charge >= 0.3 is 11.9 Å². The summed E-state index contributed by atoms with van der Waals surface area (Å²) in [6.45, 7) is 2.40. The molecular formula is C24H31ClFN7O9. The van der Waals surface area contributed by atoms with Crippen LogP contribution in [0.3, 0.4) is 0 Å². The number of nitrogens with two attached hydrogens (primary N) is 1. The van der Waals surface area contributed by atoms with Crippen LogP contribution >= 0.6 is 11.6 Å². The summed E-state index contributed by atoms with van der Waals surface area (Å²) in [5, 5.41) is 25.8. The Kier molecular flexibility index (Phi) is 9.59. The van der Waals surface area contributed by atoms with Gasteiger partial charge in [-0.15, -0.1) is 0 Å². The van der Waals surface area contributed by atoms with Gasteiger partial charge in [-0.2, -0.15) is 15.1 Å². The number of rotatable bonds is 12. The minimum Gasteiger partial charge on any atom is -0.464 e. The lowest BCUT2D eigenvalue weighted by atomic mass is 9.95. The Morgan fingerprint density at radius 3 is 2.71 bits per heavy atom. The Bertz CT molecular complexity index is 1440. The molecule has 16 nitrogen and oxygen atoms in total. The zero-order valence-electron chi connectivity index (χ0n) is 23.1. The highest BCUT2D eigenvalue weighted by molar-refractivity contribution is 6.28. The lowest BCUT2D eigenvalue weighted by Crippen LogP contribution is -2.57. The fraction of sp³-hybridized carbons (Fsp3) is 0.583. The summed E-state index contributed by atoms with van der Waals surface area (Å²) in [6, 6.07) is 1.35. The van der Waals surface area contributed by atoms with Gasteiger partial charge in [0.1, 0.15) is 23.4 Å². The van der Waals surface area contributed by atoms with Crippen LogP contribution in [0.5, 0.6) is 0 Å². The summed E-state index contributed by atoms with van der Waals surface area (Å²) < 4.78 is 44.8. The lowest BCUT2D eigenvalue weighted by molar-refractivity contribution is -0.248. The molecule has 0 radical (unpaired) electrons. The standard InChI is InChI=1S/C24H31ClFN7O9/c1-5-39-21(36)24(22(37)40-6-2,8-11-7-12(20(35)38-4)32(3)31-11)41-9-13-16(34)14(26)19(42-13)33-10-28-15-17(27)29-23(25)30-18(15)33/h7,10,13-14,16,19,21,34,36H,5-6,8-9H2,1-4H3,(H2,27,29,30)/t13-,14+,16-,19-,21?,24?/m1/s1. The molecule has 0 aromatic carbocycles. The summed E-state index contributed by atoms with van der Waals surface area (Å²) >= 11 is 5.91. The van der Waals surface area contributed by atoms with E-state index in [9.17, 15) is 19.8 Å². The fourth-order valence-corrected chi connectivity index (χ4v) is 4.73. The summed E-state index contributed by atoms with van der Waals surface area (Å²) in [5.74, 6) is -1.75. The van der Waals surface area contributed by atoms with E-state index in [4.69, 9.17) is 41.0 Å². The number of methoxy groups -OCH3 is 1. The number of hydrogen-bond acceptors (Lipinski definition) is 14. The molecule has 4 heterocycles. The molecule has 6 atom stereocenters. The monoisotopic (exact) mass is 615 g/mol. The lowest BCUT2D eigenvalue weighted by Gasteiger charge is -2.35. The number of imidazole rings is 1. The maximum absolute atomic E-state index is 15.4. The van der Waals surface area contributed by atoms with E-state index in [2.05, 4.69) is 20.1 Å². The molecule has 0 bridgehead atoms. The number of fused-ring (bicyclic) bond motifs is 1. The van der Waals surface area contributed by atoms with Crippen molar-refractivity contribution in [2.75, 3.05) is 32.7 Å². The second-order valence-electron chi connectivity index (χ2n) is 9.24. The van der Waals surface area contributed by atoms with Crippen LogP contribution in [-0.4, -0.2) is 109 Å². The van der Waals surface area contributed by atoms with Crippen molar-refractivity contribution in [2.24, 2.45) is 7.05 Å². The molecule has 2 unspecified atom stereocenters. The van der Waals surface area contributed by atoms with Crippen molar-refractivity contribution in [3.63, 3.8) is 0 Å². The molecule has 1 saturated heterocycles. The number of aliphatic hydroxyl groups excluding tert-OH is 2. The molecule has 3 aromatic heterocycles. The predicted molar refractivity (Wildman–Crippen MR) is 141 cm³/mol. The van der Waals surface area contributed by atoms with E-state index in [1.165, 1.54) is 35.8 Å². The van der Waals surface area contributed by atoms with Crippen LogP contribution in [-0.2, 0) is 41.9 Å². The third-order valence-corrected chi connectivity index (χ3v) is 6.78. The van der Waals surface area contributed by atoms with Crippen LogP contribution in [0.15, 0.2) is 12.4 Å². The number of nitrogens with zero attached hydrogens (tertiary/aromatic N) is 6. The number of carbonyl (C=O) groups excluding carboxylic acids is 2. The van der Waals surface area contributed by atoms with E-state index < -0.39 is 61.5 Å².